The van der Waals surface area contributed by atoms with Crippen molar-refractivity contribution < 1.29 is 13.2 Å². The van der Waals surface area contributed by atoms with E-state index >= 15 is 0 Å². The highest BCUT2D eigenvalue weighted by atomic mass is 79.9. The third-order valence-corrected chi connectivity index (χ3v) is 4.08. The van der Waals surface area contributed by atoms with Gasteiger partial charge in [0.15, 0.2) is 0 Å². The summed E-state index contributed by atoms with van der Waals surface area (Å²) in [7, 11) is 0. The molecule has 2 aromatic rings. The van der Waals surface area contributed by atoms with E-state index in [-0.39, 0.29) is 0 Å². The van der Waals surface area contributed by atoms with Crippen LogP contribution in [-0.2, 0) is 6.18 Å². The molecular weight excluding hydrogens is 365 g/mol. The van der Waals surface area contributed by atoms with Crippen LogP contribution < -0.4 is 0 Å². The summed E-state index contributed by atoms with van der Waals surface area (Å²) in [5.74, 6) is 0. The van der Waals surface area contributed by atoms with Crippen LogP contribution in [0.2, 0.25) is 5.02 Å². The van der Waals surface area contributed by atoms with Crippen LogP contribution in [-0.4, -0.2) is 9.97 Å². The van der Waals surface area contributed by atoms with Gasteiger partial charge in [-0.25, -0.2) is 9.97 Å². The number of aromatic nitrogens is 2. The normalized spacial score (nSPS) is 11.6. The Morgan fingerprint density at radius 1 is 1.16 bits per heavy atom. The lowest BCUT2D eigenvalue weighted by Gasteiger charge is -2.07. The summed E-state index contributed by atoms with van der Waals surface area (Å²) in [5, 5.41) is 1.47. The zero-order chi connectivity index (χ0) is 14.0. The van der Waals surface area contributed by atoms with Crippen molar-refractivity contribution in [3.05, 3.63) is 45.7 Å². The Bertz CT molecular complexity index is 589. The minimum Gasteiger partial charge on any atom is -0.249 e. The standard InChI is InChI=1S/C11H5BrClF3N2S/c12-8-3-7(13)5-18-10(8)19-9-2-1-6(4-17-9)11(14,15)16/h1-5H. The Hall–Kier alpha value is -0.790. The van der Waals surface area contributed by atoms with Crippen LogP contribution in [0.15, 0.2) is 45.1 Å². The lowest BCUT2D eigenvalue weighted by atomic mass is 10.3. The number of hydrogen-bond acceptors (Lipinski definition) is 3. The molecule has 2 nitrogen and oxygen atoms in total. The van der Waals surface area contributed by atoms with Gasteiger partial charge in [0.1, 0.15) is 10.1 Å². The molecular formula is C11H5BrClF3N2S. The van der Waals surface area contributed by atoms with Crippen molar-refractivity contribution in [2.45, 2.75) is 16.2 Å². The molecule has 0 saturated carbocycles. The minimum absolute atomic E-state index is 0.420. The summed E-state index contributed by atoms with van der Waals surface area (Å²) in [6, 6.07) is 3.94. The molecule has 0 spiro atoms. The monoisotopic (exact) mass is 368 g/mol. The number of alkyl halides is 3. The highest BCUT2D eigenvalue weighted by Crippen LogP contribution is 2.34. The largest absolute Gasteiger partial charge is 0.417 e. The molecule has 8 heteroatoms. The van der Waals surface area contributed by atoms with E-state index in [9.17, 15) is 13.2 Å². The van der Waals surface area contributed by atoms with Gasteiger partial charge >= 0.3 is 6.18 Å². The van der Waals surface area contributed by atoms with E-state index in [0.29, 0.717) is 19.5 Å². The topological polar surface area (TPSA) is 25.8 Å². The van der Waals surface area contributed by atoms with Crippen LogP contribution >= 0.6 is 39.3 Å². The van der Waals surface area contributed by atoms with Crippen LogP contribution in [0.4, 0.5) is 13.2 Å². The molecule has 2 aromatic heterocycles. The highest BCUT2D eigenvalue weighted by molar-refractivity contribution is 9.10. The number of pyridine rings is 2. The summed E-state index contributed by atoms with van der Waals surface area (Å²) in [5.41, 5.74) is -0.778. The fourth-order valence-electron chi connectivity index (χ4n) is 1.18. The first-order valence-electron chi connectivity index (χ1n) is 4.88. The van der Waals surface area contributed by atoms with Crippen molar-refractivity contribution in [3.8, 4) is 0 Å². The van der Waals surface area contributed by atoms with Crippen LogP contribution in [0.1, 0.15) is 5.56 Å². The van der Waals surface area contributed by atoms with Gasteiger partial charge in [-0.15, -0.1) is 0 Å². The number of hydrogen-bond donors (Lipinski definition) is 0. The summed E-state index contributed by atoms with van der Waals surface area (Å²) in [4.78, 5) is 7.82. The van der Waals surface area contributed by atoms with E-state index < -0.39 is 11.7 Å². The van der Waals surface area contributed by atoms with E-state index in [1.807, 2.05) is 0 Å². The van der Waals surface area contributed by atoms with E-state index in [1.165, 1.54) is 12.3 Å². The van der Waals surface area contributed by atoms with E-state index in [1.54, 1.807) is 6.07 Å². The van der Waals surface area contributed by atoms with Crippen molar-refractivity contribution in [2.75, 3.05) is 0 Å². The van der Waals surface area contributed by atoms with E-state index in [0.717, 1.165) is 24.0 Å². The molecule has 0 aliphatic heterocycles. The van der Waals surface area contributed by atoms with Gasteiger partial charge in [-0.1, -0.05) is 11.6 Å². The Balaban J connectivity index is 2.20. The second kappa shape index (κ2) is 5.68. The van der Waals surface area contributed by atoms with Crippen molar-refractivity contribution in [1.82, 2.24) is 9.97 Å². The fraction of sp³-hybridized carbons (Fsp3) is 0.0909. The molecule has 0 aliphatic rings. The molecule has 0 aliphatic carbocycles. The molecule has 0 atom stereocenters. The summed E-state index contributed by atoms with van der Waals surface area (Å²) >= 11 is 10.2. The molecule has 100 valence electrons. The van der Waals surface area contributed by atoms with Gasteiger partial charge in [0, 0.05) is 12.4 Å². The number of rotatable bonds is 2. The molecule has 0 saturated heterocycles. The number of halogens is 5. The van der Waals surface area contributed by atoms with Gasteiger partial charge in [-0.05, 0) is 45.9 Å². The van der Waals surface area contributed by atoms with Crippen molar-refractivity contribution >= 4 is 39.3 Å². The molecule has 0 radical (unpaired) electrons. The Kier molecular flexibility index (Phi) is 4.37. The molecule has 2 rings (SSSR count). The summed E-state index contributed by atoms with van der Waals surface area (Å²) in [6.45, 7) is 0. The SMILES string of the molecule is FC(F)(F)c1ccc(Sc2ncc(Cl)cc2Br)nc1. The first-order chi connectivity index (χ1) is 8.86. The third-order valence-electron chi connectivity index (χ3n) is 2.04. The average Bonchev–Trinajstić information content (AvgIpc) is 2.32. The smallest absolute Gasteiger partial charge is 0.249 e. The second-order valence-corrected chi connectivity index (χ2v) is 5.73. The highest BCUT2D eigenvalue weighted by Gasteiger charge is 2.30. The molecule has 0 aromatic carbocycles. The van der Waals surface area contributed by atoms with Gasteiger partial charge < -0.3 is 0 Å². The molecule has 19 heavy (non-hydrogen) atoms. The maximum atomic E-state index is 12.4. The fourth-order valence-corrected chi connectivity index (χ4v) is 2.77. The molecule has 0 unspecified atom stereocenters. The predicted molar refractivity (Wildman–Crippen MR) is 70.3 cm³/mol. The first-order valence-corrected chi connectivity index (χ1v) is 6.87. The van der Waals surface area contributed by atoms with Gasteiger partial charge in [0.05, 0.1) is 15.1 Å². The Morgan fingerprint density at radius 2 is 1.89 bits per heavy atom. The first kappa shape index (κ1) is 14.6. The van der Waals surface area contributed by atoms with E-state index in [4.69, 9.17) is 11.6 Å². The van der Waals surface area contributed by atoms with Gasteiger partial charge in [0.25, 0.3) is 0 Å². The summed E-state index contributed by atoms with van der Waals surface area (Å²) < 4.78 is 37.8. The number of nitrogens with zero attached hydrogens (tertiary/aromatic N) is 2. The maximum Gasteiger partial charge on any atom is 0.417 e. The molecule has 0 bridgehead atoms. The van der Waals surface area contributed by atoms with Gasteiger partial charge in [-0.2, -0.15) is 13.2 Å². The quantitative estimate of drug-likeness (QED) is 0.740. The molecule has 0 amide bonds. The summed E-state index contributed by atoms with van der Waals surface area (Å²) in [6.07, 6.45) is -2.12. The Morgan fingerprint density at radius 3 is 2.42 bits per heavy atom. The van der Waals surface area contributed by atoms with Crippen LogP contribution in [0.25, 0.3) is 0 Å². The molecule has 0 N–H and O–H groups in total. The predicted octanol–water partition coefficient (Wildman–Crippen LogP) is 5.06. The average molecular weight is 370 g/mol. The zero-order valence-electron chi connectivity index (χ0n) is 9.08. The van der Waals surface area contributed by atoms with Crippen molar-refractivity contribution in [3.63, 3.8) is 0 Å². The van der Waals surface area contributed by atoms with E-state index in [2.05, 4.69) is 25.9 Å². The molecule has 0 fully saturated rings. The van der Waals surface area contributed by atoms with Crippen LogP contribution in [0, 0.1) is 0 Å². The van der Waals surface area contributed by atoms with Gasteiger partial charge in [-0.3, -0.25) is 0 Å². The van der Waals surface area contributed by atoms with Crippen molar-refractivity contribution in [2.24, 2.45) is 0 Å². The zero-order valence-corrected chi connectivity index (χ0v) is 12.2. The third kappa shape index (κ3) is 3.84. The second-order valence-electron chi connectivity index (χ2n) is 3.43. The lowest BCUT2D eigenvalue weighted by molar-refractivity contribution is -0.137. The molecule has 2 heterocycles. The van der Waals surface area contributed by atoms with Gasteiger partial charge in [0.2, 0.25) is 0 Å². The minimum atomic E-state index is -4.38. The Labute approximate surface area is 124 Å². The maximum absolute atomic E-state index is 12.4. The lowest BCUT2D eigenvalue weighted by Crippen LogP contribution is -2.05. The van der Waals surface area contributed by atoms with Crippen LogP contribution in [0.3, 0.4) is 0 Å². The van der Waals surface area contributed by atoms with Crippen molar-refractivity contribution in [1.29, 1.82) is 0 Å². The van der Waals surface area contributed by atoms with Crippen LogP contribution in [0.5, 0.6) is 0 Å².